The molecule has 0 spiro atoms. The average molecular weight is 200 g/mol. The van der Waals surface area contributed by atoms with E-state index in [1.165, 1.54) is 7.11 Å². The Morgan fingerprint density at radius 2 is 2.21 bits per heavy atom. The summed E-state index contributed by atoms with van der Waals surface area (Å²) in [5.41, 5.74) is 0. The summed E-state index contributed by atoms with van der Waals surface area (Å²) in [7, 11) is 1.46. The van der Waals surface area contributed by atoms with Gasteiger partial charge in [0.2, 0.25) is 0 Å². The first kappa shape index (κ1) is 11.5. The fraction of sp³-hybridized carbons (Fsp3) is 0.909. The quantitative estimate of drug-likeness (QED) is 0.652. The second-order valence-electron chi connectivity index (χ2n) is 3.88. The van der Waals surface area contributed by atoms with E-state index in [1.807, 2.05) is 0 Å². The minimum atomic E-state index is -0.0743. The van der Waals surface area contributed by atoms with Crippen molar-refractivity contribution in [1.82, 2.24) is 0 Å². The fourth-order valence-electron chi connectivity index (χ4n) is 1.96. The molecule has 0 saturated heterocycles. The van der Waals surface area contributed by atoms with Crippen LogP contribution in [0.15, 0.2) is 0 Å². The van der Waals surface area contributed by atoms with E-state index >= 15 is 0 Å². The Morgan fingerprint density at radius 1 is 1.43 bits per heavy atom. The van der Waals surface area contributed by atoms with Gasteiger partial charge >= 0.3 is 5.97 Å². The van der Waals surface area contributed by atoms with Gasteiger partial charge in [-0.1, -0.05) is 13.3 Å². The van der Waals surface area contributed by atoms with E-state index in [-0.39, 0.29) is 18.0 Å². The maximum absolute atomic E-state index is 11.3. The minimum absolute atomic E-state index is 0.0654. The number of carbonyl (C=O) groups is 1. The van der Waals surface area contributed by atoms with Gasteiger partial charge in [0.05, 0.1) is 19.1 Å². The van der Waals surface area contributed by atoms with Crippen LogP contribution in [0.25, 0.3) is 0 Å². The molecule has 82 valence electrons. The van der Waals surface area contributed by atoms with Crippen molar-refractivity contribution in [3.05, 3.63) is 0 Å². The Hall–Kier alpha value is -0.570. The summed E-state index contributed by atoms with van der Waals surface area (Å²) >= 11 is 0. The fourth-order valence-corrected chi connectivity index (χ4v) is 1.96. The van der Waals surface area contributed by atoms with Crippen molar-refractivity contribution in [2.24, 2.45) is 5.92 Å². The number of carbonyl (C=O) groups excluding carboxylic acids is 1. The summed E-state index contributed by atoms with van der Waals surface area (Å²) in [6.07, 6.45) is 5.28. The van der Waals surface area contributed by atoms with Crippen molar-refractivity contribution in [3.63, 3.8) is 0 Å². The van der Waals surface area contributed by atoms with Crippen LogP contribution in [0.2, 0.25) is 0 Å². The van der Waals surface area contributed by atoms with Crippen molar-refractivity contribution in [3.8, 4) is 0 Å². The second-order valence-corrected chi connectivity index (χ2v) is 3.88. The molecule has 0 aromatic rings. The Balaban J connectivity index is 2.31. The SMILES string of the molecule is CCCO[C@@H]1CCC[C@H](C(=O)OC)C1. The van der Waals surface area contributed by atoms with E-state index < -0.39 is 0 Å². The molecule has 0 unspecified atom stereocenters. The van der Waals surface area contributed by atoms with Crippen LogP contribution in [-0.4, -0.2) is 25.8 Å². The molecule has 0 heterocycles. The molecule has 0 N–H and O–H groups in total. The summed E-state index contributed by atoms with van der Waals surface area (Å²) in [6, 6.07) is 0. The van der Waals surface area contributed by atoms with E-state index in [0.717, 1.165) is 38.7 Å². The third kappa shape index (κ3) is 3.29. The van der Waals surface area contributed by atoms with Crippen LogP contribution in [0.5, 0.6) is 0 Å². The van der Waals surface area contributed by atoms with Crippen LogP contribution in [0.4, 0.5) is 0 Å². The predicted molar refractivity (Wildman–Crippen MR) is 54.0 cm³/mol. The lowest BCUT2D eigenvalue weighted by Gasteiger charge is -2.27. The topological polar surface area (TPSA) is 35.5 Å². The van der Waals surface area contributed by atoms with E-state index in [9.17, 15) is 4.79 Å². The van der Waals surface area contributed by atoms with Gasteiger partial charge in [-0.3, -0.25) is 4.79 Å². The summed E-state index contributed by atoms with van der Waals surface area (Å²) in [5, 5.41) is 0. The Morgan fingerprint density at radius 3 is 2.86 bits per heavy atom. The number of hydrogen-bond donors (Lipinski definition) is 0. The molecule has 1 fully saturated rings. The van der Waals surface area contributed by atoms with E-state index in [0.29, 0.717) is 0 Å². The maximum Gasteiger partial charge on any atom is 0.308 e. The molecule has 1 saturated carbocycles. The lowest BCUT2D eigenvalue weighted by molar-refractivity contribution is -0.148. The number of methoxy groups -OCH3 is 1. The van der Waals surface area contributed by atoms with Gasteiger partial charge in [-0.15, -0.1) is 0 Å². The Kier molecular flexibility index (Phi) is 4.94. The van der Waals surface area contributed by atoms with Crippen LogP contribution < -0.4 is 0 Å². The minimum Gasteiger partial charge on any atom is -0.469 e. The molecule has 14 heavy (non-hydrogen) atoms. The van der Waals surface area contributed by atoms with Crippen LogP contribution in [0.3, 0.4) is 0 Å². The highest BCUT2D eigenvalue weighted by atomic mass is 16.5. The summed E-state index contributed by atoms with van der Waals surface area (Å²) in [6.45, 7) is 2.90. The van der Waals surface area contributed by atoms with Crippen LogP contribution in [0.1, 0.15) is 39.0 Å². The Bertz CT molecular complexity index is 179. The zero-order chi connectivity index (χ0) is 10.4. The molecular formula is C11H20O3. The van der Waals surface area contributed by atoms with Crippen molar-refractivity contribution in [2.45, 2.75) is 45.1 Å². The molecule has 0 radical (unpaired) electrons. The molecule has 3 nitrogen and oxygen atoms in total. The standard InChI is InChI=1S/C11H20O3/c1-3-7-14-10-6-4-5-9(8-10)11(12)13-2/h9-10H,3-8H2,1-2H3/t9-,10+/m0/s1. The maximum atomic E-state index is 11.3. The van der Waals surface area contributed by atoms with Crippen molar-refractivity contribution in [1.29, 1.82) is 0 Å². The largest absolute Gasteiger partial charge is 0.469 e. The molecule has 2 atom stereocenters. The molecule has 1 aliphatic carbocycles. The first-order valence-electron chi connectivity index (χ1n) is 5.47. The number of hydrogen-bond acceptors (Lipinski definition) is 3. The monoisotopic (exact) mass is 200 g/mol. The van der Waals surface area contributed by atoms with E-state index in [4.69, 9.17) is 9.47 Å². The smallest absolute Gasteiger partial charge is 0.308 e. The molecule has 1 aliphatic rings. The summed E-state index contributed by atoms with van der Waals surface area (Å²) in [5.74, 6) is -0.00888. The van der Waals surface area contributed by atoms with Gasteiger partial charge in [-0.2, -0.15) is 0 Å². The second kappa shape index (κ2) is 6.02. The van der Waals surface area contributed by atoms with Gasteiger partial charge in [-0.25, -0.2) is 0 Å². The molecule has 3 heteroatoms. The third-order valence-electron chi connectivity index (χ3n) is 2.72. The lowest BCUT2D eigenvalue weighted by Crippen LogP contribution is -2.28. The van der Waals surface area contributed by atoms with Gasteiger partial charge in [-0.05, 0) is 25.7 Å². The van der Waals surface area contributed by atoms with Crippen LogP contribution in [-0.2, 0) is 14.3 Å². The molecule has 1 rings (SSSR count). The Labute approximate surface area is 85.8 Å². The van der Waals surface area contributed by atoms with E-state index in [1.54, 1.807) is 0 Å². The van der Waals surface area contributed by atoms with Gasteiger partial charge in [0.1, 0.15) is 0 Å². The molecule has 0 amide bonds. The molecular weight excluding hydrogens is 180 g/mol. The van der Waals surface area contributed by atoms with Crippen molar-refractivity contribution in [2.75, 3.05) is 13.7 Å². The number of rotatable bonds is 4. The van der Waals surface area contributed by atoms with Gasteiger partial charge < -0.3 is 9.47 Å². The van der Waals surface area contributed by atoms with Crippen molar-refractivity contribution >= 4 is 5.97 Å². The highest BCUT2D eigenvalue weighted by Crippen LogP contribution is 2.27. The third-order valence-corrected chi connectivity index (χ3v) is 2.72. The van der Waals surface area contributed by atoms with Crippen molar-refractivity contribution < 1.29 is 14.3 Å². The van der Waals surface area contributed by atoms with Gasteiger partial charge in [0, 0.05) is 6.61 Å². The van der Waals surface area contributed by atoms with Gasteiger partial charge in [0.25, 0.3) is 0 Å². The average Bonchev–Trinajstić information content (AvgIpc) is 2.25. The molecule has 0 bridgehead atoms. The first-order valence-corrected chi connectivity index (χ1v) is 5.47. The van der Waals surface area contributed by atoms with Crippen LogP contribution >= 0.6 is 0 Å². The highest BCUT2D eigenvalue weighted by Gasteiger charge is 2.27. The van der Waals surface area contributed by atoms with E-state index in [2.05, 4.69) is 6.92 Å². The molecule has 0 aliphatic heterocycles. The summed E-state index contributed by atoms with van der Waals surface area (Å²) in [4.78, 5) is 11.3. The lowest BCUT2D eigenvalue weighted by atomic mass is 9.87. The number of ether oxygens (including phenoxy) is 2. The highest BCUT2D eigenvalue weighted by molar-refractivity contribution is 5.72. The zero-order valence-electron chi connectivity index (χ0n) is 9.12. The predicted octanol–water partition coefficient (Wildman–Crippen LogP) is 2.14. The normalized spacial score (nSPS) is 27.3. The zero-order valence-corrected chi connectivity index (χ0v) is 9.12. The number of esters is 1. The summed E-state index contributed by atoms with van der Waals surface area (Å²) < 4.78 is 10.4. The van der Waals surface area contributed by atoms with Gasteiger partial charge in [0.15, 0.2) is 0 Å². The molecule has 0 aromatic heterocycles. The molecule has 0 aromatic carbocycles. The van der Waals surface area contributed by atoms with Crippen LogP contribution in [0, 0.1) is 5.92 Å². The first-order chi connectivity index (χ1) is 6.77.